The third-order valence-corrected chi connectivity index (χ3v) is 7.48. The molecule has 0 radical (unpaired) electrons. The van der Waals surface area contributed by atoms with Crippen molar-refractivity contribution in [2.45, 2.75) is 53.1 Å². The van der Waals surface area contributed by atoms with Crippen LogP contribution in [0.2, 0.25) is 10.0 Å². The minimum absolute atomic E-state index is 0.0525. The van der Waals surface area contributed by atoms with Gasteiger partial charge in [-0.2, -0.15) is 0 Å². The van der Waals surface area contributed by atoms with E-state index in [1.807, 2.05) is 58.0 Å². The molecule has 0 spiro atoms. The summed E-state index contributed by atoms with van der Waals surface area (Å²) >= 11 is 12.0. The lowest BCUT2D eigenvalue weighted by Crippen LogP contribution is -2.33. The molecule has 3 amide bonds. The Bertz CT molecular complexity index is 1640. The second-order valence-corrected chi connectivity index (χ2v) is 11.3. The fourth-order valence-electron chi connectivity index (χ4n) is 4.37. The molecule has 4 aromatic carbocycles. The average molecular weight is 637 g/mol. The molecule has 0 fully saturated rings. The van der Waals surface area contributed by atoms with Gasteiger partial charge in [-0.15, -0.1) is 0 Å². The number of unbranched alkanes of at least 4 members (excludes halogenated alkanes) is 1. The first-order chi connectivity index (χ1) is 21.0. The van der Waals surface area contributed by atoms with Gasteiger partial charge in [0.05, 0.1) is 21.4 Å². The van der Waals surface area contributed by atoms with Crippen molar-refractivity contribution in [2.24, 2.45) is 0 Å². The highest BCUT2D eigenvalue weighted by Crippen LogP contribution is 2.39. The quantitative estimate of drug-likeness (QED) is 0.123. The second-order valence-electron chi connectivity index (χ2n) is 10.5. The molecule has 8 nitrogen and oxygen atoms in total. The zero-order chi connectivity index (χ0) is 31.8. The molecular weight excluding hydrogens is 601 g/mol. The van der Waals surface area contributed by atoms with Crippen molar-refractivity contribution in [1.29, 1.82) is 0 Å². The number of phenols is 1. The maximum absolute atomic E-state index is 13.6. The van der Waals surface area contributed by atoms with Crippen LogP contribution in [0.25, 0.3) is 0 Å². The Hall–Kier alpha value is -4.40. The summed E-state index contributed by atoms with van der Waals surface area (Å²) in [6, 6.07) is 19.9. The van der Waals surface area contributed by atoms with E-state index in [1.54, 1.807) is 24.3 Å². The van der Waals surface area contributed by atoms with Crippen molar-refractivity contribution in [1.82, 2.24) is 0 Å². The number of aromatic hydroxyl groups is 1. The number of ether oxygens (including phenoxy) is 2. The standard InChI is InChI=1S/C34H35Cl2N3O5/c1-5-6-7-31(44-30-15-10-21(3)16-22(30)4)33(41)38-28-18-29(40)27(19-32(28)43-24-12-8-20(2)9-13-24)39-34(42)37-23-11-14-25(35)26(36)17-23/h8-19,31,40H,5-7H2,1-4H3,(H,38,41)(H2,37,39,42). The summed E-state index contributed by atoms with van der Waals surface area (Å²) in [7, 11) is 0. The van der Waals surface area contributed by atoms with Crippen molar-refractivity contribution < 1.29 is 24.2 Å². The number of phenolic OH excluding ortho intramolecular Hbond substituents is 1. The van der Waals surface area contributed by atoms with E-state index in [2.05, 4.69) is 16.0 Å². The lowest BCUT2D eigenvalue weighted by atomic mass is 10.1. The summed E-state index contributed by atoms with van der Waals surface area (Å²) in [4.78, 5) is 26.4. The van der Waals surface area contributed by atoms with Gasteiger partial charge in [0.15, 0.2) is 11.9 Å². The Labute approximate surface area is 267 Å². The molecule has 4 N–H and O–H groups in total. The highest BCUT2D eigenvalue weighted by atomic mass is 35.5. The Kier molecular flexibility index (Phi) is 11.0. The van der Waals surface area contributed by atoms with E-state index in [0.29, 0.717) is 28.6 Å². The van der Waals surface area contributed by atoms with E-state index >= 15 is 0 Å². The van der Waals surface area contributed by atoms with Crippen LogP contribution in [0, 0.1) is 20.8 Å². The first-order valence-corrected chi connectivity index (χ1v) is 15.0. The van der Waals surface area contributed by atoms with Crippen LogP contribution >= 0.6 is 23.2 Å². The van der Waals surface area contributed by atoms with Gasteiger partial charge in [0.25, 0.3) is 5.91 Å². The Morgan fingerprint density at radius 1 is 0.795 bits per heavy atom. The number of anilines is 3. The molecule has 0 aliphatic rings. The molecule has 0 bridgehead atoms. The van der Waals surface area contributed by atoms with Gasteiger partial charge < -0.3 is 30.5 Å². The maximum atomic E-state index is 13.6. The molecule has 0 aliphatic carbocycles. The molecule has 1 atom stereocenters. The molecule has 0 saturated carbocycles. The number of urea groups is 1. The molecular formula is C34H35Cl2N3O5. The van der Waals surface area contributed by atoms with Gasteiger partial charge >= 0.3 is 6.03 Å². The molecule has 0 aliphatic heterocycles. The van der Waals surface area contributed by atoms with E-state index in [0.717, 1.165) is 29.5 Å². The fourth-order valence-corrected chi connectivity index (χ4v) is 4.67. The summed E-state index contributed by atoms with van der Waals surface area (Å²) in [5.41, 5.74) is 3.72. The zero-order valence-electron chi connectivity index (χ0n) is 25.0. The van der Waals surface area contributed by atoms with Gasteiger partial charge in [-0.05, 0) is 75.6 Å². The zero-order valence-corrected chi connectivity index (χ0v) is 26.5. The van der Waals surface area contributed by atoms with Crippen molar-refractivity contribution in [3.05, 3.63) is 99.5 Å². The number of hydrogen-bond acceptors (Lipinski definition) is 5. The summed E-state index contributed by atoms with van der Waals surface area (Å²) < 4.78 is 12.3. The van der Waals surface area contributed by atoms with Crippen LogP contribution in [0.15, 0.2) is 72.8 Å². The number of rotatable bonds is 11. The lowest BCUT2D eigenvalue weighted by Gasteiger charge is -2.21. The predicted molar refractivity (Wildman–Crippen MR) is 177 cm³/mol. The van der Waals surface area contributed by atoms with Crippen LogP contribution in [0.4, 0.5) is 21.9 Å². The third-order valence-electron chi connectivity index (χ3n) is 6.74. The molecule has 0 heterocycles. The largest absolute Gasteiger partial charge is 0.506 e. The average Bonchev–Trinajstić information content (AvgIpc) is 2.97. The Morgan fingerprint density at radius 3 is 2.20 bits per heavy atom. The van der Waals surface area contributed by atoms with Crippen molar-refractivity contribution in [3.8, 4) is 23.0 Å². The molecule has 230 valence electrons. The Morgan fingerprint density at radius 2 is 1.52 bits per heavy atom. The maximum Gasteiger partial charge on any atom is 0.323 e. The SMILES string of the molecule is CCCCC(Oc1ccc(C)cc1C)C(=O)Nc1cc(O)c(NC(=O)Nc2ccc(Cl)c(Cl)c2)cc1Oc1ccc(C)cc1. The number of aryl methyl sites for hydroxylation is 3. The molecule has 0 aromatic heterocycles. The topological polar surface area (TPSA) is 109 Å². The van der Waals surface area contributed by atoms with E-state index in [4.69, 9.17) is 32.7 Å². The molecule has 0 saturated heterocycles. The molecule has 44 heavy (non-hydrogen) atoms. The molecule has 1 unspecified atom stereocenters. The molecule has 4 aromatic rings. The van der Waals surface area contributed by atoms with E-state index in [9.17, 15) is 14.7 Å². The summed E-state index contributed by atoms with van der Waals surface area (Å²) in [5, 5.41) is 19.6. The highest BCUT2D eigenvalue weighted by Gasteiger charge is 2.24. The number of carbonyl (C=O) groups excluding carboxylic acids is 2. The van der Waals surface area contributed by atoms with Crippen LogP contribution in [-0.4, -0.2) is 23.1 Å². The Balaban J connectivity index is 1.61. The predicted octanol–water partition coefficient (Wildman–Crippen LogP) is 9.64. The number of halogens is 2. The van der Waals surface area contributed by atoms with Crippen LogP contribution in [0.3, 0.4) is 0 Å². The van der Waals surface area contributed by atoms with Gasteiger partial charge in [0.2, 0.25) is 0 Å². The van der Waals surface area contributed by atoms with Crippen LogP contribution < -0.4 is 25.4 Å². The van der Waals surface area contributed by atoms with E-state index in [-0.39, 0.29) is 27.9 Å². The van der Waals surface area contributed by atoms with Gasteiger partial charge in [0, 0.05) is 17.8 Å². The first kappa shape index (κ1) is 32.5. The van der Waals surface area contributed by atoms with Gasteiger partial charge in [-0.3, -0.25) is 4.79 Å². The molecule has 4 rings (SSSR count). The van der Waals surface area contributed by atoms with Crippen LogP contribution in [0.5, 0.6) is 23.0 Å². The van der Waals surface area contributed by atoms with Gasteiger partial charge in [0.1, 0.15) is 17.2 Å². The van der Waals surface area contributed by atoms with Crippen molar-refractivity contribution in [3.63, 3.8) is 0 Å². The first-order valence-electron chi connectivity index (χ1n) is 14.2. The van der Waals surface area contributed by atoms with Gasteiger partial charge in [-0.1, -0.05) is 71.9 Å². The number of benzene rings is 4. The lowest BCUT2D eigenvalue weighted by molar-refractivity contribution is -0.123. The van der Waals surface area contributed by atoms with E-state index < -0.39 is 18.0 Å². The summed E-state index contributed by atoms with van der Waals surface area (Å²) in [6.45, 7) is 7.93. The fraction of sp³-hybridized carbons (Fsp3) is 0.235. The smallest absolute Gasteiger partial charge is 0.323 e. The summed E-state index contributed by atoms with van der Waals surface area (Å²) in [6.07, 6.45) is 1.36. The van der Waals surface area contributed by atoms with Gasteiger partial charge in [-0.25, -0.2) is 4.79 Å². The summed E-state index contributed by atoms with van der Waals surface area (Å²) in [5.74, 6) is 0.631. The van der Waals surface area contributed by atoms with E-state index in [1.165, 1.54) is 18.2 Å². The highest BCUT2D eigenvalue weighted by molar-refractivity contribution is 6.42. The minimum atomic E-state index is -0.791. The monoisotopic (exact) mass is 635 g/mol. The third kappa shape index (κ3) is 8.81. The normalized spacial score (nSPS) is 11.4. The van der Waals surface area contributed by atoms with Crippen molar-refractivity contribution in [2.75, 3.05) is 16.0 Å². The minimum Gasteiger partial charge on any atom is -0.506 e. The number of hydrogen-bond donors (Lipinski definition) is 4. The number of nitrogens with one attached hydrogen (secondary N) is 3. The van der Waals surface area contributed by atoms with Crippen molar-refractivity contribution >= 4 is 52.2 Å². The second kappa shape index (κ2) is 14.9. The molecule has 10 heteroatoms. The van der Waals surface area contributed by atoms with Crippen LogP contribution in [-0.2, 0) is 4.79 Å². The number of carbonyl (C=O) groups is 2. The number of amides is 3. The van der Waals surface area contributed by atoms with Crippen LogP contribution in [0.1, 0.15) is 42.9 Å².